The van der Waals surface area contributed by atoms with Crippen LogP contribution >= 0.6 is 43.5 Å². The first-order valence-corrected chi connectivity index (χ1v) is 33.7. The fourth-order valence-corrected chi connectivity index (χ4v) is 14.3. The van der Waals surface area contributed by atoms with E-state index >= 15 is 0 Å². The Morgan fingerprint density at radius 3 is 1.30 bits per heavy atom. The van der Waals surface area contributed by atoms with Crippen LogP contribution in [0.3, 0.4) is 0 Å². The average Bonchev–Trinajstić information content (AvgIpc) is 1.58. The summed E-state index contributed by atoms with van der Waals surface area (Å²) in [6, 6.07) is 34.6. The van der Waals surface area contributed by atoms with Gasteiger partial charge < -0.3 is 39.6 Å². The summed E-state index contributed by atoms with van der Waals surface area (Å²) in [6.07, 6.45) is -12.7. The van der Waals surface area contributed by atoms with Gasteiger partial charge in [-0.3, -0.25) is 20.2 Å². The van der Waals surface area contributed by atoms with Crippen molar-refractivity contribution in [3.05, 3.63) is 228 Å². The van der Waals surface area contributed by atoms with Gasteiger partial charge in [0.2, 0.25) is 5.89 Å². The van der Waals surface area contributed by atoms with Gasteiger partial charge in [0.05, 0.1) is 12.7 Å². The molecule has 18 nitrogen and oxygen atoms in total. The number of ether oxygens (including phenoxy) is 5. The third-order valence-corrected chi connectivity index (χ3v) is 20.0. The normalized spacial score (nSPS) is 26.8. The number of methoxy groups -OCH3 is 1. The third-order valence-electron chi connectivity index (χ3n) is 18.8. The van der Waals surface area contributed by atoms with Gasteiger partial charge in [0, 0.05) is 82.7 Å². The number of hydrogen-bond acceptors (Lipinski definition) is 16. The van der Waals surface area contributed by atoms with Gasteiger partial charge in [0.1, 0.15) is 53.2 Å². The van der Waals surface area contributed by atoms with Crippen LogP contribution in [-0.4, -0.2) is 104 Å². The second kappa shape index (κ2) is 28.4. The van der Waals surface area contributed by atoms with Crippen LogP contribution < -0.4 is 22.1 Å². The molecule has 104 heavy (non-hydrogen) atoms. The second-order valence-corrected chi connectivity index (χ2v) is 27.4. The number of benzene rings is 7. The summed E-state index contributed by atoms with van der Waals surface area (Å²) in [5.74, 6) is -7.62. The minimum atomic E-state index is -3.11. The van der Waals surface area contributed by atoms with Crippen molar-refractivity contribution in [2.45, 2.75) is 98.0 Å². The Labute approximate surface area is 603 Å². The Balaban J connectivity index is 0.000000125. The Morgan fingerprint density at radius 2 is 0.875 bits per heavy atom. The van der Waals surface area contributed by atoms with Crippen molar-refractivity contribution in [1.82, 2.24) is 15.6 Å². The lowest BCUT2D eigenvalue weighted by Crippen LogP contribution is -2.46. The molecule has 16 rings (SSSR count). The van der Waals surface area contributed by atoms with E-state index in [1.165, 1.54) is 36.4 Å². The first-order chi connectivity index (χ1) is 49.6. The van der Waals surface area contributed by atoms with Crippen LogP contribution in [0.1, 0.15) is 79.0 Å². The molecule has 0 saturated heterocycles. The maximum absolute atomic E-state index is 14.7. The number of nitrogens with one attached hydrogen (secondary N) is 2. The number of carbonyl (C=O) groups excluding carboxylic acids is 3. The van der Waals surface area contributed by atoms with Crippen LogP contribution in [0.25, 0.3) is 22.6 Å². The van der Waals surface area contributed by atoms with Crippen LogP contribution in [0.2, 0.25) is 5.02 Å². The van der Waals surface area contributed by atoms with Gasteiger partial charge in [-0.2, -0.15) is 0 Å². The van der Waals surface area contributed by atoms with E-state index in [2.05, 4.69) is 72.2 Å². The quantitative estimate of drug-likeness (QED) is 0.0659. The number of nitrogens with two attached hydrogens (primary N) is 2. The number of esters is 1. The summed E-state index contributed by atoms with van der Waals surface area (Å²) in [6.45, 7) is 0. The van der Waals surface area contributed by atoms with Crippen molar-refractivity contribution in [1.29, 1.82) is 0 Å². The largest absolute Gasteiger partial charge is 0.465 e. The van der Waals surface area contributed by atoms with E-state index in [-0.39, 0.29) is 58.2 Å². The molecule has 4 aliphatic carbocycles. The maximum Gasteiger partial charge on any atom is 0.337 e. The smallest absolute Gasteiger partial charge is 0.337 e. The van der Waals surface area contributed by atoms with Gasteiger partial charge in [-0.15, -0.1) is 0 Å². The van der Waals surface area contributed by atoms with Crippen molar-refractivity contribution < 1.29 is 95.2 Å². The first-order valence-electron chi connectivity index (χ1n) is 31.7. The van der Waals surface area contributed by atoms with E-state index in [4.69, 9.17) is 46.4 Å². The first kappa shape index (κ1) is 72.7. The average molecular weight is 1600 g/mol. The number of alkyl halides is 8. The molecule has 4 aliphatic heterocycles. The van der Waals surface area contributed by atoms with E-state index in [9.17, 15) is 67.1 Å². The predicted molar refractivity (Wildman–Crippen MR) is 359 cm³/mol. The lowest BCUT2D eigenvalue weighted by Gasteiger charge is -2.34. The molecule has 0 unspecified atom stereocenters. The molecular weight excluding hydrogens is 1550 g/mol. The standard InChI is InChI=1S/C21H17F3N2O4.C19H14BrF3N2O2.C19H13ClF3N3O2.C12H10BrF3N2O/c1-29-18(28)12-7-8-15(22)13(9-12)21(19(23)24)14-10-16(14)30-20(26-21)25-17(27)11-5-3-2-4-6-11;20-11-6-7-14(21)12(8-11)19(17(22)23)13-9-15(13)27-18(25-19)24-16(26)10-4-2-1-3-5-10;20-9-2-4-13-15(6-9)27-16(25-13)8-1-3-12(21)10(5-8)19(17(22)23)11-7-14(11)28-18(24)26-19;13-5-1-2-8(14)6(3-5)12(10(15)16)7-4-9(7)19-11(17)18-12/h2-9,14,16,19H,10H2,1H3,(H,25,26,27);1-8,13,15,17H,9H2,(H,24,25,26);1-6,11,14,17H,7H2,(H2,24,26);1-3,7,9-10H,4H2,(H2,17,18)/t14-,16+,21+;13-,15+,19+;11-,14+,19+;7-,9+,12+/m0000/s1. The fourth-order valence-electron chi connectivity index (χ4n) is 13.5. The van der Waals surface area contributed by atoms with Crippen molar-refractivity contribution in [3.8, 4) is 11.5 Å². The highest BCUT2D eigenvalue weighted by atomic mass is 79.9. The zero-order valence-electron chi connectivity index (χ0n) is 53.4. The van der Waals surface area contributed by atoms with Gasteiger partial charge >= 0.3 is 5.97 Å². The molecule has 4 fully saturated rings. The molecule has 2 amide bonds. The van der Waals surface area contributed by atoms with Crippen molar-refractivity contribution >= 4 is 96.4 Å². The highest BCUT2D eigenvalue weighted by Crippen LogP contribution is 2.60. The number of nitrogens with zero attached hydrogens (tertiary/aromatic N) is 5. The third kappa shape index (κ3) is 13.7. The number of aromatic nitrogens is 1. The summed E-state index contributed by atoms with van der Waals surface area (Å²) in [7, 11) is 1.13. The summed E-state index contributed by atoms with van der Waals surface area (Å²) < 4.78 is 203. The number of aliphatic imine (C=N–C) groups is 4. The van der Waals surface area contributed by atoms with E-state index in [1.807, 2.05) is 0 Å². The number of hydrogen-bond donors (Lipinski definition) is 4. The molecule has 0 radical (unpaired) electrons. The molecule has 0 bridgehead atoms. The molecule has 8 aromatic rings. The van der Waals surface area contributed by atoms with Crippen molar-refractivity contribution in [2.24, 2.45) is 55.1 Å². The van der Waals surface area contributed by atoms with E-state index < -0.39 is 149 Å². The van der Waals surface area contributed by atoms with Crippen LogP contribution in [0, 0.1) is 46.9 Å². The SMILES string of the molecule is COC(=O)c1ccc(F)c([C@@]2(C(F)F)N=C(NC(=O)c3ccccc3)O[C@@H]3C[C@@H]32)c1.NC1=N[C@@](c2cc(-c3nc4ccc(Cl)cc4o3)ccc2F)(C(F)F)[C@H]2C[C@H]2O1.NC1=N[C@@](c2cc(Br)ccc2F)(C(F)F)[C@H]2C[C@H]2O1.O=C(NC1=N[C@@](c2cc(Br)ccc2F)(C(F)F)[C@H]2C[C@H]2O1)c1ccccc1. The topological polar surface area (TPSA) is 249 Å². The van der Waals surface area contributed by atoms with E-state index in [1.54, 1.807) is 78.9 Å². The minimum Gasteiger partial charge on any atom is -0.465 e. The Hall–Kier alpha value is -9.69. The second-order valence-electron chi connectivity index (χ2n) is 25.1. The highest BCUT2D eigenvalue weighted by Gasteiger charge is 2.68. The van der Waals surface area contributed by atoms with Crippen LogP contribution in [0.4, 0.5) is 52.7 Å². The summed E-state index contributed by atoms with van der Waals surface area (Å²) in [4.78, 5) is 56.6. The Morgan fingerprint density at radius 1 is 0.490 bits per heavy atom. The molecule has 7 aromatic carbocycles. The lowest BCUT2D eigenvalue weighted by molar-refractivity contribution is 0.0165. The number of rotatable bonds is 12. The molecule has 4 saturated carbocycles. The number of halogens is 15. The molecular formula is C71H54Br2ClF12N9O9. The van der Waals surface area contributed by atoms with E-state index in [0.29, 0.717) is 55.5 Å². The molecule has 1 aromatic heterocycles. The van der Waals surface area contributed by atoms with Crippen molar-refractivity contribution in [2.75, 3.05) is 7.11 Å². The van der Waals surface area contributed by atoms with Crippen LogP contribution in [0.5, 0.6) is 0 Å². The number of fused-ring (bicyclic) bond motifs is 5. The predicted octanol–water partition coefficient (Wildman–Crippen LogP) is 14.8. The van der Waals surface area contributed by atoms with Gasteiger partial charge in [-0.1, -0.05) is 79.9 Å². The lowest BCUT2D eigenvalue weighted by atomic mass is 9.84. The maximum atomic E-state index is 14.7. The zero-order valence-corrected chi connectivity index (χ0v) is 57.4. The number of amidine groups is 4. The molecule has 8 aliphatic rings. The molecule has 0 spiro atoms. The van der Waals surface area contributed by atoms with Gasteiger partial charge in [-0.25, -0.2) is 82.4 Å². The van der Waals surface area contributed by atoms with Crippen LogP contribution in [0.15, 0.2) is 185 Å². The number of amides is 2. The fraction of sp³-hybridized carbons (Fsp3) is 0.296. The van der Waals surface area contributed by atoms with Gasteiger partial charge in [0.15, 0.2) is 27.7 Å². The zero-order chi connectivity index (χ0) is 74.1. The molecule has 33 heteroatoms. The Bertz CT molecular complexity index is 4820. The monoisotopic (exact) mass is 1600 g/mol. The molecule has 6 N–H and O–H groups in total. The van der Waals surface area contributed by atoms with Crippen LogP contribution in [-0.2, 0) is 45.8 Å². The number of oxazole rings is 1. The van der Waals surface area contributed by atoms with Gasteiger partial charge in [0.25, 0.3) is 61.6 Å². The number of carbonyl (C=O) groups is 3. The molecule has 12 atom stereocenters. The summed E-state index contributed by atoms with van der Waals surface area (Å²) in [5.41, 5.74) is 3.43. The Kier molecular flexibility index (Phi) is 19.8. The summed E-state index contributed by atoms with van der Waals surface area (Å²) >= 11 is 12.3. The highest BCUT2D eigenvalue weighted by molar-refractivity contribution is 9.10. The summed E-state index contributed by atoms with van der Waals surface area (Å²) in [5, 5.41) is 5.28. The minimum absolute atomic E-state index is 0.0808. The molecule has 5 heterocycles. The molecule has 542 valence electrons. The van der Waals surface area contributed by atoms with E-state index in [0.717, 1.165) is 43.5 Å². The van der Waals surface area contributed by atoms with Gasteiger partial charge in [-0.05, 0) is 135 Å². The van der Waals surface area contributed by atoms with Crippen molar-refractivity contribution in [3.63, 3.8) is 0 Å².